The minimum Gasteiger partial charge on any atom is -0.399 e. The van der Waals surface area contributed by atoms with Crippen LogP contribution in [0.3, 0.4) is 0 Å². The van der Waals surface area contributed by atoms with Gasteiger partial charge in [-0.2, -0.15) is 5.10 Å². The fraction of sp³-hybridized carbons (Fsp3) is 0.438. The van der Waals surface area contributed by atoms with E-state index in [0.29, 0.717) is 0 Å². The van der Waals surface area contributed by atoms with Crippen LogP contribution in [0.5, 0.6) is 0 Å². The van der Waals surface area contributed by atoms with Crippen LogP contribution in [0.4, 0.5) is 11.5 Å². The zero-order valence-corrected chi connectivity index (χ0v) is 12.3. The van der Waals surface area contributed by atoms with Gasteiger partial charge in [0.1, 0.15) is 5.82 Å². The van der Waals surface area contributed by atoms with Crippen molar-refractivity contribution in [1.29, 1.82) is 0 Å². The van der Waals surface area contributed by atoms with Crippen LogP contribution in [0.1, 0.15) is 35.6 Å². The molecule has 1 atom stereocenters. The first-order valence-corrected chi connectivity index (χ1v) is 7.48. The van der Waals surface area contributed by atoms with E-state index in [-0.39, 0.29) is 12.6 Å². The Morgan fingerprint density at radius 1 is 1.48 bits per heavy atom. The molecular weight excluding hydrogens is 264 g/mol. The zero-order valence-electron chi connectivity index (χ0n) is 12.3. The molecule has 112 valence electrons. The van der Waals surface area contributed by atoms with Crippen molar-refractivity contribution >= 4 is 11.5 Å². The summed E-state index contributed by atoms with van der Waals surface area (Å²) in [6, 6.07) is 6.50. The molecule has 2 aromatic rings. The summed E-state index contributed by atoms with van der Waals surface area (Å²) in [4.78, 5) is 0. The van der Waals surface area contributed by atoms with E-state index >= 15 is 0 Å². The molecule has 0 fully saturated rings. The molecule has 1 aromatic carbocycles. The van der Waals surface area contributed by atoms with Crippen molar-refractivity contribution in [2.24, 2.45) is 0 Å². The number of aromatic nitrogens is 2. The molecule has 5 heteroatoms. The summed E-state index contributed by atoms with van der Waals surface area (Å²) in [5.74, 6) is 1.08. The summed E-state index contributed by atoms with van der Waals surface area (Å²) in [5, 5.41) is 17.0. The SMILES string of the molecule is Cc1ccc(C2CCNc3c(CCCO)cnn32)cc1N. The number of aliphatic hydroxyl groups is 1. The van der Waals surface area contributed by atoms with Crippen LogP contribution in [0.25, 0.3) is 0 Å². The number of aryl methyl sites for hydroxylation is 2. The molecule has 0 spiro atoms. The highest BCUT2D eigenvalue weighted by atomic mass is 16.2. The number of hydrogen-bond acceptors (Lipinski definition) is 4. The number of rotatable bonds is 4. The van der Waals surface area contributed by atoms with Crippen LogP contribution < -0.4 is 11.1 Å². The molecule has 4 N–H and O–H groups in total. The largest absolute Gasteiger partial charge is 0.399 e. The number of hydrogen-bond donors (Lipinski definition) is 3. The number of aliphatic hydroxyl groups excluding tert-OH is 1. The first kappa shape index (κ1) is 13.9. The number of fused-ring (bicyclic) bond motifs is 1. The Bertz CT molecular complexity index is 635. The number of anilines is 2. The van der Waals surface area contributed by atoms with Crippen molar-refractivity contribution in [2.75, 3.05) is 24.2 Å². The Morgan fingerprint density at radius 3 is 3.10 bits per heavy atom. The summed E-state index contributed by atoms with van der Waals surface area (Å²) in [6.45, 7) is 3.16. The molecule has 0 bridgehead atoms. The number of nitrogens with zero attached hydrogens (tertiary/aromatic N) is 2. The topological polar surface area (TPSA) is 76.1 Å². The van der Waals surface area contributed by atoms with Crippen LogP contribution in [0, 0.1) is 6.92 Å². The number of nitrogens with one attached hydrogen (secondary N) is 1. The highest BCUT2D eigenvalue weighted by molar-refractivity contribution is 5.51. The van der Waals surface area contributed by atoms with Gasteiger partial charge in [-0.15, -0.1) is 0 Å². The molecule has 3 rings (SSSR count). The van der Waals surface area contributed by atoms with Crippen molar-refractivity contribution < 1.29 is 5.11 Å². The van der Waals surface area contributed by atoms with Crippen molar-refractivity contribution in [3.05, 3.63) is 41.1 Å². The van der Waals surface area contributed by atoms with Gasteiger partial charge in [-0.3, -0.25) is 0 Å². The first-order valence-electron chi connectivity index (χ1n) is 7.48. The van der Waals surface area contributed by atoms with Crippen LogP contribution in [-0.2, 0) is 6.42 Å². The lowest BCUT2D eigenvalue weighted by atomic mass is 9.99. The lowest BCUT2D eigenvalue weighted by Gasteiger charge is -2.27. The molecule has 2 heterocycles. The fourth-order valence-corrected chi connectivity index (χ4v) is 2.90. The van der Waals surface area contributed by atoms with E-state index in [1.54, 1.807) is 0 Å². The van der Waals surface area contributed by atoms with Gasteiger partial charge in [-0.1, -0.05) is 12.1 Å². The Hall–Kier alpha value is -2.01. The third-order valence-corrected chi connectivity index (χ3v) is 4.17. The zero-order chi connectivity index (χ0) is 14.8. The van der Waals surface area contributed by atoms with Crippen LogP contribution in [0.15, 0.2) is 24.4 Å². The number of nitrogen functional groups attached to an aromatic ring is 1. The molecule has 0 saturated carbocycles. The lowest BCUT2D eigenvalue weighted by Crippen LogP contribution is -2.25. The fourth-order valence-electron chi connectivity index (χ4n) is 2.90. The molecular formula is C16H22N4O. The van der Waals surface area contributed by atoms with E-state index in [1.807, 2.05) is 13.1 Å². The van der Waals surface area contributed by atoms with Gasteiger partial charge >= 0.3 is 0 Å². The monoisotopic (exact) mass is 286 g/mol. The molecule has 0 saturated heterocycles. The third-order valence-electron chi connectivity index (χ3n) is 4.17. The maximum absolute atomic E-state index is 8.99. The smallest absolute Gasteiger partial charge is 0.128 e. The maximum atomic E-state index is 8.99. The van der Waals surface area contributed by atoms with Gasteiger partial charge < -0.3 is 16.2 Å². The van der Waals surface area contributed by atoms with E-state index in [2.05, 4.69) is 33.3 Å². The van der Waals surface area contributed by atoms with Gasteiger partial charge in [0.05, 0.1) is 12.2 Å². The van der Waals surface area contributed by atoms with Crippen LogP contribution in [0.2, 0.25) is 0 Å². The van der Waals surface area contributed by atoms with Crippen LogP contribution in [-0.4, -0.2) is 28.0 Å². The highest BCUT2D eigenvalue weighted by Gasteiger charge is 2.24. The molecule has 1 aromatic heterocycles. The molecule has 0 aliphatic carbocycles. The van der Waals surface area contributed by atoms with Crippen molar-refractivity contribution in [3.63, 3.8) is 0 Å². The summed E-state index contributed by atoms with van der Waals surface area (Å²) in [7, 11) is 0. The van der Waals surface area contributed by atoms with Gasteiger partial charge in [0.25, 0.3) is 0 Å². The molecule has 21 heavy (non-hydrogen) atoms. The van der Waals surface area contributed by atoms with E-state index in [9.17, 15) is 0 Å². The second kappa shape index (κ2) is 5.77. The van der Waals surface area contributed by atoms with E-state index in [0.717, 1.165) is 42.9 Å². The first-order chi connectivity index (χ1) is 10.2. The second-order valence-corrected chi connectivity index (χ2v) is 5.64. The van der Waals surface area contributed by atoms with Crippen LogP contribution >= 0.6 is 0 Å². The minimum atomic E-state index is 0.211. The van der Waals surface area contributed by atoms with Gasteiger partial charge in [-0.25, -0.2) is 4.68 Å². The van der Waals surface area contributed by atoms with Crippen molar-refractivity contribution in [2.45, 2.75) is 32.2 Å². The third kappa shape index (κ3) is 2.61. The minimum absolute atomic E-state index is 0.211. The Balaban J connectivity index is 1.93. The molecule has 5 nitrogen and oxygen atoms in total. The molecule has 1 unspecified atom stereocenters. The summed E-state index contributed by atoms with van der Waals surface area (Å²) in [6.07, 6.45) is 4.52. The molecule has 0 radical (unpaired) electrons. The predicted octanol–water partition coefficient (Wildman–Crippen LogP) is 2.10. The van der Waals surface area contributed by atoms with Gasteiger partial charge in [0, 0.05) is 24.4 Å². The highest BCUT2D eigenvalue weighted by Crippen LogP contribution is 2.32. The van der Waals surface area contributed by atoms with E-state index < -0.39 is 0 Å². The number of benzene rings is 1. The molecule has 0 amide bonds. The van der Waals surface area contributed by atoms with E-state index in [4.69, 9.17) is 10.8 Å². The number of nitrogens with two attached hydrogens (primary N) is 1. The molecule has 1 aliphatic rings. The van der Waals surface area contributed by atoms with Crippen molar-refractivity contribution in [1.82, 2.24) is 9.78 Å². The summed E-state index contributed by atoms with van der Waals surface area (Å²) >= 11 is 0. The van der Waals surface area contributed by atoms with Gasteiger partial charge in [-0.05, 0) is 43.4 Å². The Labute approximate surface area is 124 Å². The van der Waals surface area contributed by atoms with Crippen molar-refractivity contribution in [3.8, 4) is 0 Å². The second-order valence-electron chi connectivity index (χ2n) is 5.64. The standard InChI is InChI=1S/C16H22N4O/c1-11-4-5-12(9-14(11)17)15-6-7-18-16-13(3-2-8-21)10-19-20(15)16/h4-5,9-10,15,18,21H,2-3,6-8,17H2,1H3. The average Bonchev–Trinajstić information content (AvgIpc) is 2.91. The average molecular weight is 286 g/mol. The summed E-state index contributed by atoms with van der Waals surface area (Å²) in [5.41, 5.74) is 10.4. The molecule has 1 aliphatic heterocycles. The van der Waals surface area contributed by atoms with Gasteiger partial charge in [0.15, 0.2) is 0 Å². The predicted molar refractivity (Wildman–Crippen MR) is 84.5 cm³/mol. The lowest BCUT2D eigenvalue weighted by molar-refractivity contribution is 0.288. The normalized spacial score (nSPS) is 17.3. The Morgan fingerprint density at radius 2 is 2.33 bits per heavy atom. The summed E-state index contributed by atoms with van der Waals surface area (Å²) < 4.78 is 2.06. The maximum Gasteiger partial charge on any atom is 0.128 e. The van der Waals surface area contributed by atoms with Gasteiger partial charge in [0.2, 0.25) is 0 Å². The van der Waals surface area contributed by atoms with E-state index in [1.165, 1.54) is 11.1 Å². The Kier molecular flexibility index (Phi) is 3.84. The quantitative estimate of drug-likeness (QED) is 0.752.